The van der Waals surface area contributed by atoms with E-state index in [-0.39, 0.29) is 59.9 Å². The number of carbonyl (C=O) groups excluding carboxylic acids is 1. The van der Waals surface area contributed by atoms with Gasteiger partial charge in [0.1, 0.15) is 5.82 Å². The second kappa shape index (κ2) is 14.7. The summed E-state index contributed by atoms with van der Waals surface area (Å²) in [6.07, 6.45) is -2.12. The van der Waals surface area contributed by atoms with Crippen LogP contribution in [0.4, 0.5) is 4.39 Å². The van der Waals surface area contributed by atoms with Gasteiger partial charge in [-0.3, -0.25) is 9.59 Å². The van der Waals surface area contributed by atoms with Gasteiger partial charge in [-0.05, 0) is 61.9 Å². The van der Waals surface area contributed by atoms with E-state index in [4.69, 9.17) is 5.11 Å². The van der Waals surface area contributed by atoms with Crippen LogP contribution >= 0.6 is 0 Å². The molecule has 0 fully saturated rings. The van der Waals surface area contributed by atoms with Crippen LogP contribution in [0.2, 0.25) is 0 Å². The summed E-state index contributed by atoms with van der Waals surface area (Å²) in [5.74, 6) is -1.88. The van der Waals surface area contributed by atoms with Crippen molar-refractivity contribution in [3.63, 3.8) is 0 Å². The summed E-state index contributed by atoms with van der Waals surface area (Å²) in [6, 6.07) is 13.7. The zero-order chi connectivity index (χ0) is 28.0. The number of halogens is 1. The molecular weight excluding hydrogens is 512 g/mol. The van der Waals surface area contributed by atoms with Crippen molar-refractivity contribution in [3.8, 4) is 5.69 Å². The summed E-state index contributed by atoms with van der Waals surface area (Å²) >= 11 is 0. The van der Waals surface area contributed by atoms with Gasteiger partial charge in [0.05, 0.1) is 24.3 Å². The van der Waals surface area contributed by atoms with Gasteiger partial charge in [-0.2, -0.15) is 5.10 Å². The molecular formula is C29H37FN3NaO5. The SMILES string of the molecule is Cc1cccc(CN(C)C(=O)c2nn(-c3ccc(F)cc3)c(CC[C@@H](O)C[C@@H](O)CC(=O)O)c2C(C)C)c1.[NaH]. The Morgan fingerprint density at radius 3 is 2.33 bits per heavy atom. The molecule has 0 spiro atoms. The summed E-state index contributed by atoms with van der Waals surface area (Å²) in [6.45, 7) is 6.31. The maximum atomic E-state index is 13.7. The molecule has 8 nitrogen and oxygen atoms in total. The molecule has 0 saturated carbocycles. The summed E-state index contributed by atoms with van der Waals surface area (Å²) in [7, 11) is 1.72. The quantitative estimate of drug-likeness (QED) is 0.298. The molecule has 39 heavy (non-hydrogen) atoms. The molecule has 1 aromatic heterocycles. The van der Waals surface area contributed by atoms with Crippen molar-refractivity contribution in [3.05, 3.63) is 82.4 Å². The summed E-state index contributed by atoms with van der Waals surface area (Å²) in [4.78, 5) is 26.1. The molecule has 0 unspecified atom stereocenters. The van der Waals surface area contributed by atoms with Crippen molar-refractivity contribution >= 4 is 41.4 Å². The van der Waals surface area contributed by atoms with Crippen LogP contribution in [0.15, 0.2) is 48.5 Å². The fraction of sp³-hybridized carbons (Fsp3) is 0.414. The third-order valence-corrected chi connectivity index (χ3v) is 6.39. The van der Waals surface area contributed by atoms with Gasteiger partial charge >= 0.3 is 35.5 Å². The van der Waals surface area contributed by atoms with Crippen molar-refractivity contribution in [2.75, 3.05) is 7.05 Å². The monoisotopic (exact) mass is 549 g/mol. The van der Waals surface area contributed by atoms with Gasteiger partial charge < -0.3 is 20.2 Å². The van der Waals surface area contributed by atoms with E-state index in [2.05, 4.69) is 5.10 Å². The third-order valence-electron chi connectivity index (χ3n) is 6.39. The molecule has 1 amide bonds. The molecule has 0 radical (unpaired) electrons. The third kappa shape index (κ3) is 8.98. The number of carbonyl (C=O) groups is 2. The van der Waals surface area contributed by atoms with Crippen LogP contribution < -0.4 is 0 Å². The molecule has 10 heteroatoms. The average Bonchev–Trinajstić information content (AvgIpc) is 3.22. The van der Waals surface area contributed by atoms with E-state index in [1.54, 1.807) is 28.8 Å². The van der Waals surface area contributed by atoms with Crippen molar-refractivity contribution in [1.82, 2.24) is 14.7 Å². The van der Waals surface area contributed by atoms with Crippen molar-refractivity contribution in [1.29, 1.82) is 0 Å². The van der Waals surface area contributed by atoms with E-state index in [9.17, 15) is 24.2 Å². The zero-order valence-electron chi connectivity index (χ0n) is 22.3. The first-order valence-corrected chi connectivity index (χ1v) is 12.7. The molecule has 0 saturated heterocycles. The summed E-state index contributed by atoms with van der Waals surface area (Å²) in [5.41, 5.74) is 4.38. The molecule has 0 aliphatic carbocycles. The number of aliphatic hydroxyl groups excluding tert-OH is 2. The molecule has 2 aromatic carbocycles. The van der Waals surface area contributed by atoms with Crippen LogP contribution in [0.25, 0.3) is 5.69 Å². The number of hydrogen-bond donors (Lipinski definition) is 3. The molecule has 2 atom stereocenters. The predicted octanol–water partition coefficient (Wildman–Crippen LogP) is 3.59. The van der Waals surface area contributed by atoms with Crippen LogP contribution in [0.1, 0.15) is 71.9 Å². The van der Waals surface area contributed by atoms with Crippen LogP contribution in [0.5, 0.6) is 0 Å². The van der Waals surface area contributed by atoms with Gasteiger partial charge in [-0.25, -0.2) is 9.07 Å². The number of hydrogen-bond acceptors (Lipinski definition) is 5. The molecule has 0 aliphatic rings. The Balaban J connectivity index is 0.00000533. The van der Waals surface area contributed by atoms with Gasteiger partial charge in [0.25, 0.3) is 5.91 Å². The van der Waals surface area contributed by atoms with Gasteiger partial charge in [-0.15, -0.1) is 0 Å². The number of carboxylic acid groups (broad SMARTS) is 1. The number of amides is 1. The number of aliphatic carboxylic acids is 1. The molecule has 3 N–H and O–H groups in total. The minimum atomic E-state index is -1.17. The molecule has 206 valence electrons. The zero-order valence-corrected chi connectivity index (χ0v) is 22.3. The number of carboxylic acids is 1. The van der Waals surface area contributed by atoms with Gasteiger partial charge in [0.15, 0.2) is 5.69 Å². The Kier molecular flexibility index (Phi) is 12.3. The fourth-order valence-corrected chi connectivity index (χ4v) is 4.62. The van der Waals surface area contributed by atoms with Crippen molar-refractivity contribution in [2.24, 2.45) is 0 Å². The van der Waals surface area contributed by atoms with Crippen LogP contribution in [0.3, 0.4) is 0 Å². The Morgan fingerprint density at radius 1 is 1.08 bits per heavy atom. The Hall–Kier alpha value is -2.56. The van der Waals surface area contributed by atoms with E-state index in [0.29, 0.717) is 24.3 Å². The minimum absolute atomic E-state index is 0. The normalized spacial score (nSPS) is 12.6. The Morgan fingerprint density at radius 2 is 1.74 bits per heavy atom. The number of benzene rings is 2. The topological polar surface area (TPSA) is 116 Å². The van der Waals surface area contributed by atoms with Gasteiger partial charge in [0.2, 0.25) is 0 Å². The first-order valence-electron chi connectivity index (χ1n) is 12.7. The second-order valence-corrected chi connectivity index (χ2v) is 10.1. The fourth-order valence-electron chi connectivity index (χ4n) is 4.62. The standard InChI is InChI=1S/C29H36FN3O5.Na.H/c1-18(2)27-25(13-12-23(34)15-24(35)16-26(36)37)33(22-10-8-21(30)9-11-22)31-28(27)29(38)32(4)17-20-7-5-6-19(3)14-20;;/h5-11,14,18,23-24,34-35H,12-13,15-17H2,1-4H3,(H,36,37);;/t23-,24-;;/m1../s1. The molecule has 0 aliphatic heterocycles. The average molecular weight is 550 g/mol. The number of rotatable bonds is 12. The Bertz CT molecular complexity index is 1260. The van der Waals surface area contributed by atoms with Crippen LogP contribution in [-0.2, 0) is 17.8 Å². The van der Waals surface area contributed by atoms with E-state index in [0.717, 1.165) is 16.7 Å². The number of aryl methyl sites for hydroxylation is 1. The van der Waals surface area contributed by atoms with E-state index < -0.39 is 30.4 Å². The molecule has 3 rings (SSSR count). The van der Waals surface area contributed by atoms with Crippen LogP contribution in [-0.4, -0.2) is 90.7 Å². The second-order valence-electron chi connectivity index (χ2n) is 10.1. The van der Waals surface area contributed by atoms with Gasteiger partial charge in [0, 0.05) is 24.8 Å². The number of aliphatic hydroxyl groups is 2. The number of nitrogens with zero attached hydrogens (tertiary/aromatic N) is 3. The van der Waals surface area contributed by atoms with E-state index >= 15 is 0 Å². The van der Waals surface area contributed by atoms with Crippen molar-refractivity contribution in [2.45, 2.75) is 71.1 Å². The maximum absolute atomic E-state index is 13.7. The van der Waals surface area contributed by atoms with Gasteiger partial charge in [-0.1, -0.05) is 43.7 Å². The van der Waals surface area contributed by atoms with E-state index in [1.165, 1.54) is 12.1 Å². The Labute approximate surface area is 250 Å². The molecule has 3 aromatic rings. The first-order chi connectivity index (χ1) is 18.0. The first kappa shape index (κ1) is 32.7. The molecule has 0 bridgehead atoms. The van der Waals surface area contributed by atoms with E-state index in [1.807, 2.05) is 45.0 Å². The predicted molar refractivity (Wildman–Crippen MR) is 149 cm³/mol. The summed E-state index contributed by atoms with van der Waals surface area (Å²) < 4.78 is 15.3. The number of aromatic nitrogens is 2. The van der Waals surface area contributed by atoms with Crippen molar-refractivity contribution < 1.29 is 29.3 Å². The van der Waals surface area contributed by atoms with Crippen LogP contribution in [0, 0.1) is 12.7 Å². The molecule has 1 heterocycles. The summed E-state index contributed by atoms with van der Waals surface area (Å²) in [5, 5.41) is 34.0.